The zero-order valence-electron chi connectivity index (χ0n) is 19.7. The van der Waals surface area contributed by atoms with Crippen molar-refractivity contribution in [1.29, 1.82) is 0 Å². The lowest BCUT2D eigenvalue weighted by molar-refractivity contribution is -0.150. The van der Waals surface area contributed by atoms with Gasteiger partial charge in [-0.2, -0.15) is 0 Å². The molecule has 0 aliphatic carbocycles. The molecule has 3 rings (SSSR count). The largest absolute Gasteiger partial charge is 0.496 e. The molecule has 0 spiro atoms. The number of carbonyl (C=O) groups is 3. The summed E-state index contributed by atoms with van der Waals surface area (Å²) in [5.74, 6) is -0.670. The summed E-state index contributed by atoms with van der Waals surface area (Å²) >= 11 is 0. The lowest BCUT2D eigenvalue weighted by atomic mass is 9.88. The highest BCUT2D eigenvalue weighted by Crippen LogP contribution is 2.38. The van der Waals surface area contributed by atoms with E-state index in [0.29, 0.717) is 30.9 Å². The normalized spacial score (nSPS) is 19.1. The second kappa shape index (κ2) is 11.2. The van der Waals surface area contributed by atoms with Gasteiger partial charge in [-0.3, -0.25) is 4.79 Å². The fourth-order valence-corrected chi connectivity index (χ4v) is 4.37. The number of hydrogen-bond acceptors (Lipinski definition) is 6. The third-order valence-corrected chi connectivity index (χ3v) is 6.11. The van der Waals surface area contributed by atoms with Crippen LogP contribution in [0.15, 0.2) is 42.5 Å². The van der Waals surface area contributed by atoms with Gasteiger partial charge >= 0.3 is 5.97 Å². The summed E-state index contributed by atoms with van der Waals surface area (Å²) in [6.07, 6.45) is 2.25. The third kappa shape index (κ3) is 5.56. The van der Waals surface area contributed by atoms with Crippen molar-refractivity contribution in [3.8, 4) is 22.6 Å². The van der Waals surface area contributed by atoms with E-state index in [0.717, 1.165) is 23.0 Å². The minimum atomic E-state index is -1.17. The first-order chi connectivity index (χ1) is 16.3. The zero-order valence-corrected chi connectivity index (χ0v) is 19.7. The first kappa shape index (κ1) is 25.2. The maximum absolute atomic E-state index is 13.1. The second-order valence-electron chi connectivity index (χ2n) is 8.57. The van der Waals surface area contributed by atoms with Crippen LogP contribution in [0.4, 0.5) is 0 Å². The van der Waals surface area contributed by atoms with Crippen molar-refractivity contribution in [3.63, 3.8) is 0 Å². The van der Waals surface area contributed by atoms with E-state index in [-0.39, 0.29) is 18.8 Å². The molecule has 182 valence electrons. The van der Waals surface area contributed by atoms with E-state index in [1.807, 2.05) is 42.5 Å². The quantitative estimate of drug-likeness (QED) is 0.486. The van der Waals surface area contributed by atoms with E-state index in [1.165, 1.54) is 0 Å². The number of nitrogens with one attached hydrogen (secondary N) is 1. The molecule has 0 saturated carbocycles. The highest BCUT2D eigenvalue weighted by Gasteiger charge is 2.44. The van der Waals surface area contributed by atoms with Crippen molar-refractivity contribution in [2.45, 2.75) is 44.2 Å². The van der Waals surface area contributed by atoms with Gasteiger partial charge in [0.05, 0.1) is 19.8 Å². The molecule has 34 heavy (non-hydrogen) atoms. The van der Waals surface area contributed by atoms with Crippen LogP contribution in [-0.2, 0) is 25.5 Å². The van der Waals surface area contributed by atoms with Gasteiger partial charge in [0, 0.05) is 18.9 Å². The number of carboxylic acid groups (broad SMARTS) is 1. The number of aliphatic carboxylic acids is 1. The summed E-state index contributed by atoms with van der Waals surface area (Å²) in [6, 6.07) is 11.8. The first-order valence-corrected chi connectivity index (χ1v) is 11.3. The molecule has 0 aromatic heterocycles. The van der Waals surface area contributed by atoms with Crippen LogP contribution in [0.5, 0.6) is 11.5 Å². The predicted molar refractivity (Wildman–Crippen MR) is 126 cm³/mol. The number of carbonyl (C=O) groups excluding carboxylic acids is 2. The van der Waals surface area contributed by atoms with E-state index < -0.39 is 23.5 Å². The SMILES string of the molecule is COc1cccc(OC)c1-c1ccc(C[C@H](NC(=O)C2(CC(C)C=O)CCCO2)C(=O)O)cc1. The Hall–Kier alpha value is -3.39. The minimum Gasteiger partial charge on any atom is -0.496 e. The molecule has 2 aromatic rings. The van der Waals surface area contributed by atoms with Gasteiger partial charge in [0.2, 0.25) is 0 Å². The lowest BCUT2D eigenvalue weighted by Crippen LogP contribution is -2.53. The number of aldehydes is 1. The van der Waals surface area contributed by atoms with Gasteiger partial charge in [-0.15, -0.1) is 0 Å². The molecule has 1 saturated heterocycles. The molecule has 8 nitrogen and oxygen atoms in total. The van der Waals surface area contributed by atoms with Crippen LogP contribution in [0.1, 0.15) is 31.7 Å². The summed E-state index contributed by atoms with van der Waals surface area (Å²) in [6.45, 7) is 2.13. The summed E-state index contributed by atoms with van der Waals surface area (Å²) in [5, 5.41) is 12.4. The smallest absolute Gasteiger partial charge is 0.326 e. The maximum atomic E-state index is 13.1. The van der Waals surface area contributed by atoms with Crippen LogP contribution in [0.2, 0.25) is 0 Å². The van der Waals surface area contributed by atoms with E-state index in [9.17, 15) is 19.5 Å². The van der Waals surface area contributed by atoms with Crippen LogP contribution >= 0.6 is 0 Å². The summed E-state index contributed by atoms with van der Waals surface area (Å²) in [7, 11) is 3.17. The van der Waals surface area contributed by atoms with Crippen LogP contribution in [-0.4, -0.2) is 55.7 Å². The first-order valence-electron chi connectivity index (χ1n) is 11.3. The molecule has 3 atom stereocenters. The predicted octanol–water partition coefficient (Wildman–Crippen LogP) is 3.26. The van der Waals surface area contributed by atoms with Crippen LogP contribution in [0, 0.1) is 5.92 Å². The zero-order chi connectivity index (χ0) is 24.7. The lowest BCUT2D eigenvalue weighted by Gasteiger charge is -2.30. The Morgan fingerprint density at radius 3 is 2.29 bits per heavy atom. The van der Waals surface area contributed by atoms with E-state index in [4.69, 9.17) is 14.2 Å². The van der Waals surface area contributed by atoms with Crippen molar-refractivity contribution >= 4 is 18.2 Å². The highest BCUT2D eigenvalue weighted by atomic mass is 16.5. The Bertz CT molecular complexity index is 990. The van der Waals surface area contributed by atoms with Crippen molar-refractivity contribution in [2.24, 2.45) is 5.92 Å². The molecule has 1 fully saturated rings. The van der Waals surface area contributed by atoms with Gasteiger partial charge in [-0.1, -0.05) is 37.3 Å². The maximum Gasteiger partial charge on any atom is 0.326 e. The molecule has 8 heteroatoms. The topological polar surface area (TPSA) is 111 Å². The number of benzene rings is 2. The molecule has 0 radical (unpaired) electrons. The van der Waals surface area contributed by atoms with Crippen molar-refractivity contribution < 1.29 is 33.7 Å². The molecule has 0 bridgehead atoms. The monoisotopic (exact) mass is 469 g/mol. The van der Waals surface area contributed by atoms with Crippen LogP contribution in [0.25, 0.3) is 11.1 Å². The minimum absolute atomic E-state index is 0.101. The molecule has 1 aliphatic heterocycles. The van der Waals surface area contributed by atoms with E-state index in [1.54, 1.807) is 21.1 Å². The average Bonchev–Trinajstić information content (AvgIpc) is 3.33. The Kier molecular flexibility index (Phi) is 8.28. The number of carboxylic acids is 1. The van der Waals surface area contributed by atoms with Crippen LogP contribution in [0.3, 0.4) is 0 Å². The van der Waals surface area contributed by atoms with E-state index >= 15 is 0 Å². The van der Waals surface area contributed by atoms with Gasteiger partial charge in [0.25, 0.3) is 5.91 Å². The Morgan fingerprint density at radius 1 is 1.15 bits per heavy atom. The molecule has 2 N–H and O–H groups in total. The Labute approximate surface area is 199 Å². The summed E-state index contributed by atoms with van der Waals surface area (Å²) in [4.78, 5) is 36.2. The van der Waals surface area contributed by atoms with Gasteiger partial charge in [-0.25, -0.2) is 4.79 Å². The van der Waals surface area contributed by atoms with Crippen LogP contribution < -0.4 is 14.8 Å². The number of methoxy groups -OCH3 is 2. The molecule has 1 heterocycles. The molecule has 1 amide bonds. The van der Waals surface area contributed by atoms with Crippen molar-refractivity contribution in [3.05, 3.63) is 48.0 Å². The number of hydrogen-bond donors (Lipinski definition) is 2. The Balaban J connectivity index is 1.77. The average molecular weight is 470 g/mol. The number of ether oxygens (including phenoxy) is 3. The molecular formula is C26H31NO7. The van der Waals surface area contributed by atoms with E-state index in [2.05, 4.69) is 5.32 Å². The van der Waals surface area contributed by atoms with Crippen molar-refractivity contribution in [2.75, 3.05) is 20.8 Å². The number of amides is 1. The molecule has 2 aromatic carbocycles. The van der Waals surface area contributed by atoms with Gasteiger partial charge < -0.3 is 29.4 Å². The van der Waals surface area contributed by atoms with Gasteiger partial charge in [-0.05, 0) is 42.5 Å². The van der Waals surface area contributed by atoms with Gasteiger partial charge in [0.1, 0.15) is 29.4 Å². The summed E-state index contributed by atoms with van der Waals surface area (Å²) < 4.78 is 16.7. The van der Waals surface area contributed by atoms with Crippen molar-refractivity contribution in [1.82, 2.24) is 5.32 Å². The Morgan fingerprint density at radius 2 is 1.79 bits per heavy atom. The second-order valence-corrected chi connectivity index (χ2v) is 8.57. The fraction of sp³-hybridized carbons (Fsp3) is 0.423. The highest BCUT2D eigenvalue weighted by molar-refractivity contribution is 5.90. The molecule has 2 unspecified atom stereocenters. The fourth-order valence-electron chi connectivity index (χ4n) is 4.37. The standard InChI is InChI=1S/C26H31NO7/c1-17(16-28)15-26(12-5-13-34-26)25(31)27-20(24(29)30)14-18-8-10-19(11-9-18)23-21(32-2)6-4-7-22(23)33-3/h4,6-11,16-17,20H,5,12-15H2,1-3H3,(H,27,31)(H,29,30)/t17?,20-,26?/m0/s1. The van der Waals surface area contributed by atoms with Gasteiger partial charge in [0.15, 0.2) is 0 Å². The molecule has 1 aliphatic rings. The number of rotatable bonds is 11. The summed E-state index contributed by atoms with van der Waals surface area (Å²) in [5.41, 5.74) is 1.23. The third-order valence-electron chi connectivity index (χ3n) is 6.11. The molecular weight excluding hydrogens is 438 g/mol.